The standard InChI is InChI=1S/C12H19N3O/c1-2-14-6-8-15(9-7-14)11(16)12(10-13)4-3-5-12/h2-9H2,1H3. The van der Waals surface area contributed by atoms with Crippen LogP contribution in [-0.4, -0.2) is 48.4 Å². The molecular formula is C12H19N3O. The van der Waals surface area contributed by atoms with Gasteiger partial charge in [-0.05, 0) is 25.8 Å². The molecule has 1 saturated heterocycles. The minimum absolute atomic E-state index is 0.0806. The molecular weight excluding hydrogens is 202 g/mol. The van der Waals surface area contributed by atoms with Crippen LogP contribution in [0.3, 0.4) is 0 Å². The van der Waals surface area contributed by atoms with Crippen LogP contribution in [0.5, 0.6) is 0 Å². The maximum absolute atomic E-state index is 12.2. The van der Waals surface area contributed by atoms with Crippen LogP contribution >= 0.6 is 0 Å². The van der Waals surface area contributed by atoms with Gasteiger partial charge in [0, 0.05) is 26.2 Å². The summed E-state index contributed by atoms with van der Waals surface area (Å²) in [5, 5.41) is 9.13. The molecule has 1 heterocycles. The molecule has 4 heteroatoms. The summed E-state index contributed by atoms with van der Waals surface area (Å²) in [6, 6.07) is 2.23. The van der Waals surface area contributed by atoms with E-state index in [1.807, 2.05) is 4.90 Å². The number of nitriles is 1. The lowest BCUT2D eigenvalue weighted by molar-refractivity contribution is -0.144. The van der Waals surface area contributed by atoms with E-state index in [0.29, 0.717) is 0 Å². The highest BCUT2D eigenvalue weighted by Crippen LogP contribution is 2.41. The van der Waals surface area contributed by atoms with Gasteiger partial charge in [0.2, 0.25) is 5.91 Å². The van der Waals surface area contributed by atoms with Crippen LogP contribution in [-0.2, 0) is 4.79 Å². The minimum Gasteiger partial charge on any atom is -0.339 e. The van der Waals surface area contributed by atoms with Crippen LogP contribution in [0.2, 0.25) is 0 Å². The van der Waals surface area contributed by atoms with Crippen molar-refractivity contribution in [3.05, 3.63) is 0 Å². The summed E-state index contributed by atoms with van der Waals surface area (Å²) in [5.41, 5.74) is -0.658. The molecule has 0 aromatic carbocycles. The van der Waals surface area contributed by atoms with Crippen molar-refractivity contribution in [3.8, 4) is 6.07 Å². The van der Waals surface area contributed by atoms with Gasteiger partial charge in [-0.3, -0.25) is 4.79 Å². The fraction of sp³-hybridized carbons (Fsp3) is 0.833. The molecule has 2 rings (SSSR count). The molecule has 0 aromatic rings. The molecule has 1 amide bonds. The van der Waals surface area contributed by atoms with Gasteiger partial charge >= 0.3 is 0 Å². The first-order valence-corrected chi connectivity index (χ1v) is 6.15. The lowest BCUT2D eigenvalue weighted by Gasteiger charge is -2.41. The van der Waals surface area contributed by atoms with Gasteiger partial charge in [-0.15, -0.1) is 0 Å². The second-order valence-electron chi connectivity index (χ2n) is 4.77. The summed E-state index contributed by atoms with van der Waals surface area (Å²) in [7, 11) is 0. The Morgan fingerprint density at radius 3 is 2.31 bits per heavy atom. The number of rotatable bonds is 2. The molecule has 0 unspecified atom stereocenters. The van der Waals surface area contributed by atoms with E-state index in [-0.39, 0.29) is 5.91 Å². The second kappa shape index (κ2) is 4.42. The van der Waals surface area contributed by atoms with Crippen LogP contribution in [0.15, 0.2) is 0 Å². The number of hydrogen-bond donors (Lipinski definition) is 0. The predicted octanol–water partition coefficient (Wildman–Crippen LogP) is 0.844. The Kier molecular flexibility index (Phi) is 3.15. The molecule has 0 spiro atoms. The van der Waals surface area contributed by atoms with E-state index in [1.165, 1.54) is 0 Å². The van der Waals surface area contributed by atoms with E-state index in [9.17, 15) is 4.79 Å². The quantitative estimate of drug-likeness (QED) is 0.694. The lowest BCUT2D eigenvalue weighted by Crippen LogP contribution is -2.54. The van der Waals surface area contributed by atoms with Crippen molar-refractivity contribution in [2.45, 2.75) is 26.2 Å². The summed E-state index contributed by atoms with van der Waals surface area (Å²) >= 11 is 0. The fourth-order valence-electron chi connectivity index (χ4n) is 2.47. The highest BCUT2D eigenvalue weighted by molar-refractivity contribution is 5.86. The third-order valence-corrected chi connectivity index (χ3v) is 3.94. The number of nitrogens with zero attached hydrogens (tertiary/aromatic N) is 3. The van der Waals surface area contributed by atoms with Crippen molar-refractivity contribution in [2.24, 2.45) is 5.41 Å². The SMILES string of the molecule is CCN1CCN(C(=O)C2(C#N)CCC2)CC1. The van der Waals surface area contributed by atoms with Crippen LogP contribution < -0.4 is 0 Å². The maximum Gasteiger partial charge on any atom is 0.243 e. The summed E-state index contributed by atoms with van der Waals surface area (Å²) in [4.78, 5) is 16.4. The van der Waals surface area contributed by atoms with Crippen molar-refractivity contribution in [1.82, 2.24) is 9.80 Å². The zero-order valence-electron chi connectivity index (χ0n) is 9.91. The van der Waals surface area contributed by atoms with Crippen molar-refractivity contribution >= 4 is 5.91 Å². The average molecular weight is 221 g/mol. The summed E-state index contributed by atoms with van der Waals surface area (Å²) in [6.45, 7) is 6.66. The Balaban J connectivity index is 1.94. The number of piperazine rings is 1. The Labute approximate surface area is 96.8 Å². The summed E-state index contributed by atoms with van der Waals surface area (Å²) in [5.74, 6) is 0.0806. The maximum atomic E-state index is 12.2. The van der Waals surface area contributed by atoms with Crippen molar-refractivity contribution in [2.75, 3.05) is 32.7 Å². The van der Waals surface area contributed by atoms with E-state index in [4.69, 9.17) is 5.26 Å². The number of hydrogen-bond acceptors (Lipinski definition) is 3. The van der Waals surface area contributed by atoms with Crippen molar-refractivity contribution in [3.63, 3.8) is 0 Å². The molecule has 4 nitrogen and oxygen atoms in total. The molecule has 1 aliphatic carbocycles. The van der Waals surface area contributed by atoms with Crippen molar-refractivity contribution < 1.29 is 4.79 Å². The average Bonchev–Trinajstić information content (AvgIpc) is 2.28. The van der Waals surface area contributed by atoms with Crippen molar-refractivity contribution in [1.29, 1.82) is 5.26 Å². The second-order valence-corrected chi connectivity index (χ2v) is 4.77. The first-order chi connectivity index (χ1) is 7.72. The van der Waals surface area contributed by atoms with Crippen LogP contribution in [0.4, 0.5) is 0 Å². The first kappa shape index (κ1) is 11.4. The van der Waals surface area contributed by atoms with Crippen LogP contribution in [0.25, 0.3) is 0 Å². The molecule has 1 aliphatic heterocycles. The third kappa shape index (κ3) is 1.80. The lowest BCUT2D eigenvalue weighted by atomic mass is 9.69. The molecule has 2 fully saturated rings. The van der Waals surface area contributed by atoms with Gasteiger partial charge in [0.25, 0.3) is 0 Å². The predicted molar refractivity (Wildman–Crippen MR) is 60.6 cm³/mol. The monoisotopic (exact) mass is 221 g/mol. The normalized spacial score (nSPS) is 24.6. The van der Waals surface area contributed by atoms with Crippen LogP contribution in [0, 0.1) is 16.7 Å². The van der Waals surface area contributed by atoms with Gasteiger partial charge in [-0.2, -0.15) is 5.26 Å². The summed E-state index contributed by atoms with van der Waals surface area (Å²) < 4.78 is 0. The number of carbonyl (C=O) groups excluding carboxylic acids is 1. The molecule has 0 radical (unpaired) electrons. The minimum atomic E-state index is -0.658. The van der Waals surface area contributed by atoms with E-state index in [2.05, 4.69) is 17.9 Å². The van der Waals surface area contributed by atoms with E-state index in [0.717, 1.165) is 52.0 Å². The molecule has 0 N–H and O–H groups in total. The molecule has 88 valence electrons. The Morgan fingerprint density at radius 1 is 1.31 bits per heavy atom. The Morgan fingerprint density at radius 2 is 1.94 bits per heavy atom. The highest BCUT2D eigenvalue weighted by atomic mass is 16.2. The molecule has 0 atom stereocenters. The number of likely N-dealkylation sites (N-methyl/N-ethyl adjacent to an activating group) is 1. The number of amides is 1. The van der Waals surface area contributed by atoms with E-state index < -0.39 is 5.41 Å². The Hall–Kier alpha value is -1.08. The topological polar surface area (TPSA) is 47.3 Å². The fourth-order valence-corrected chi connectivity index (χ4v) is 2.47. The van der Waals surface area contributed by atoms with Gasteiger partial charge in [-0.25, -0.2) is 0 Å². The van der Waals surface area contributed by atoms with Gasteiger partial charge in [0.15, 0.2) is 0 Å². The van der Waals surface area contributed by atoms with Gasteiger partial charge in [0.1, 0.15) is 5.41 Å². The number of carbonyl (C=O) groups is 1. The smallest absolute Gasteiger partial charge is 0.243 e. The first-order valence-electron chi connectivity index (χ1n) is 6.15. The van der Waals surface area contributed by atoms with Gasteiger partial charge in [0.05, 0.1) is 6.07 Å². The van der Waals surface area contributed by atoms with E-state index in [1.54, 1.807) is 0 Å². The van der Waals surface area contributed by atoms with Gasteiger partial charge < -0.3 is 9.80 Å². The molecule has 0 aromatic heterocycles. The van der Waals surface area contributed by atoms with Gasteiger partial charge in [-0.1, -0.05) is 6.92 Å². The van der Waals surface area contributed by atoms with Crippen LogP contribution in [0.1, 0.15) is 26.2 Å². The molecule has 0 bridgehead atoms. The molecule has 16 heavy (non-hydrogen) atoms. The zero-order valence-corrected chi connectivity index (χ0v) is 9.91. The largest absolute Gasteiger partial charge is 0.339 e. The molecule has 2 aliphatic rings. The summed E-state index contributed by atoms with van der Waals surface area (Å²) in [6.07, 6.45) is 2.54. The third-order valence-electron chi connectivity index (χ3n) is 3.94. The highest BCUT2D eigenvalue weighted by Gasteiger charge is 2.47. The molecule has 1 saturated carbocycles. The zero-order chi connectivity index (χ0) is 11.6. The van der Waals surface area contributed by atoms with E-state index >= 15 is 0 Å². The Bertz CT molecular complexity index is 309.